The van der Waals surface area contributed by atoms with E-state index < -0.39 is 0 Å². The number of benzene rings is 1. The zero-order valence-electron chi connectivity index (χ0n) is 13.3. The van der Waals surface area contributed by atoms with Gasteiger partial charge in [0.05, 0.1) is 0 Å². The average molecular weight is 277 g/mol. The Morgan fingerprint density at radius 2 is 1.75 bits per heavy atom. The molecule has 0 heterocycles. The van der Waals surface area contributed by atoms with Crippen LogP contribution < -0.4 is 10.6 Å². The van der Waals surface area contributed by atoms with Crippen LogP contribution in [0.2, 0.25) is 0 Å². The summed E-state index contributed by atoms with van der Waals surface area (Å²) >= 11 is 0. The molecule has 4 heteroatoms. The summed E-state index contributed by atoms with van der Waals surface area (Å²) in [5.74, 6) is 0.0747. The summed E-state index contributed by atoms with van der Waals surface area (Å²) in [6.07, 6.45) is 0. The molecule has 0 spiro atoms. The molecule has 112 valence electrons. The van der Waals surface area contributed by atoms with E-state index in [1.54, 1.807) is 0 Å². The summed E-state index contributed by atoms with van der Waals surface area (Å²) < 4.78 is 0. The van der Waals surface area contributed by atoms with Crippen LogP contribution in [-0.4, -0.2) is 38.0 Å². The van der Waals surface area contributed by atoms with Crippen molar-refractivity contribution in [3.05, 3.63) is 29.8 Å². The molecular weight excluding hydrogens is 250 g/mol. The van der Waals surface area contributed by atoms with Gasteiger partial charge in [-0.3, -0.25) is 4.79 Å². The first-order chi connectivity index (χ1) is 9.29. The van der Waals surface area contributed by atoms with Crippen LogP contribution in [0, 0.1) is 5.41 Å². The van der Waals surface area contributed by atoms with Gasteiger partial charge in [-0.1, -0.05) is 32.9 Å². The highest BCUT2D eigenvalue weighted by Gasteiger charge is 2.20. The minimum atomic E-state index is -0.340. The normalized spacial score (nSPS) is 11.5. The number of nitrogens with zero attached hydrogens (tertiary/aromatic N) is 1. The fourth-order valence-corrected chi connectivity index (χ4v) is 1.61. The highest BCUT2D eigenvalue weighted by Crippen LogP contribution is 2.14. The van der Waals surface area contributed by atoms with Gasteiger partial charge in [-0.05, 0) is 31.8 Å². The van der Waals surface area contributed by atoms with Gasteiger partial charge in [0.25, 0.3) is 0 Å². The molecule has 0 radical (unpaired) electrons. The Hall–Kier alpha value is -1.55. The van der Waals surface area contributed by atoms with Gasteiger partial charge in [-0.15, -0.1) is 0 Å². The van der Waals surface area contributed by atoms with Crippen LogP contribution in [0.5, 0.6) is 0 Å². The standard InChI is InChI=1S/C16H27N3O/c1-16(2,3)15(20)18-12-13-6-8-14(9-7-13)17-10-11-19(4)5/h6-9,17H,10-12H2,1-5H3,(H,18,20). The number of likely N-dealkylation sites (N-methyl/N-ethyl adjacent to an activating group) is 1. The number of carbonyl (C=O) groups excluding carboxylic acids is 1. The van der Waals surface area contributed by atoms with Gasteiger partial charge in [-0.2, -0.15) is 0 Å². The first-order valence-electron chi connectivity index (χ1n) is 7.05. The van der Waals surface area contributed by atoms with Crippen LogP contribution in [0.25, 0.3) is 0 Å². The van der Waals surface area contributed by atoms with Crippen LogP contribution in [0.3, 0.4) is 0 Å². The number of amides is 1. The number of hydrogen-bond acceptors (Lipinski definition) is 3. The Balaban J connectivity index is 2.41. The monoisotopic (exact) mass is 277 g/mol. The first kappa shape index (κ1) is 16.5. The van der Waals surface area contributed by atoms with Crippen LogP contribution in [-0.2, 0) is 11.3 Å². The molecule has 0 saturated carbocycles. The van der Waals surface area contributed by atoms with E-state index in [2.05, 4.69) is 29.6 Å². The summed E-state index contributed by atoms with van der Waals surface area (Å²) in [6, 6.07) is 8.18. The van der Waals surface area contributed by atoms with E-state index in [9.17, 15) is 4.79 Å². The maximum atomic E-state index is 11.8. The molecule has 20 heavy (non-hydrogen) atoms. The van der Waals surface area contributed by atoms with E-state index in [1.165, 1.54) is 0 Å². The lowest BCUT2D eigenvalue weighted by Crippen LogP contribution is -2.34. The van der Waals surface area contributed by atoms with E-state index in [-0.39, 0.29) is 11.3 Å². The van der Waals surface area contributed by atoms with Crippen molar-refractivity contribution in [1.82, 2.24) is 10.2 Å². The highest BCUT2D eigenvalue weighted by molar-refractivity contribution is 5.81. The van der Waals surface area contributed by atoms with Crippen LogP contribution in [0.15, 0.2) is 24.3 Å². The van der Waals surface area contributed by atoms with Crippen molar-refractivity contribution in [1.29, 1.82) is 0 Å². The van der Waals surface area contributed by atoms with E-state index in [4.69, 9.17) is 0 Å². The van der Waals surface area contributed by atoms with Gasteiger partial charge >= 0.3 is 0 Å². The third-order valence-corrected chi connectivity index (χ3v) is 2.98. The van der Waals surface area contributed by atoms with Gasteiger partial charge < -0.3 is 15.5 Å². The van der Waals surface area contributed by atoms with Crippen LogP contribution >= 0.6 is 0 Å². The maximum absolute atomic E-state index is 11.8. The Labute approximate surface area is 122 Å². The molecule has 4 nitrogen and oxygen atoms in total. The van der Waals surface area contributed by atoms with Crippen molar-refractivity contribution in [3.8, 4) is 0 Å². The highest BCUT2D eigenvalue weighted by atomic mass is 16.2. The Morgan fingerprint density at radius 3 is 2.25 bits per heavy atom. The number of anilines is 1. The molecule has 1 rings (SSSR count). The number of carbonyl (C=O) groups is 1. The molecule has 1 aromatic rings. The fraction of sp³-hybridized carbons (Fsp3) is 0.562. The van der Waals surface area contributed by atoms with Crippen LogP contribution in [0.1, 0.15) is 26.3 Å². The molecule has 0 aliphatic rings. The molecule has 2 N–H and O–H groups in total. The summed E-state index contributed by atoms with van der Waals surface area (Å²) in [7, 11) is 4.12. The van der Waals surface area contributed by atoms with Gasteiger partial charge in [0.2, 0.25) is 5.91 Å². The molecule has 0 unspecified atom stereocenters. The summed E-state index contributed by atoms with van der Waals surface area (Å²) in [6.45, 7) is 8.25. The zero-order valence-corrected chi connectivity index (χ0v) is 13.3. The third kappa shape index (κ3) is 6.06. The SMILES string of the molecule is CN(C)CCNc1ccc(CNC(=O)C(C)(C)C)cc1. The molecule has 0 aliphatic carbocycles. The number of rotatable bonds is 6. The lowest BCUT2D eigenvalue weighted by atomic mass is 9.95. The van der Waals surface area contributed by atoms with Crippen LogP contribution in [0.4, 0.5) is 5.69 Å². The quantitative estimate of drug-likeness (QED) is 0.839. The second-order valence-electron chi connectivity index (χ2n) is 6.36. The third-order valence-electron chi connectivity index (χ3n) is 2.98. The minimum Gasteiger partial charge on any atom is -0.384 e. The Morgan fingerprint density at radius 1 is 1.15 bits per heavy atom. The summed E-state index contributed by atoms with van der Waals surface area (Å²) in [4.78, 5) is 13.9. The molecular formula is C16H27N3O. The maximum Gasteiger partial charge on any atom is 0.225 e. The molecule has 0 atom stereocenters. The second kappa shape index (κ2) is 7.29. The summed E-state index contributed by atoms with van der Waals surface area (Å²) in [5.41, 5.74) is 1.88. The molecule has 0 bridgehead atoms. The van der Waals surface area contributed by atoms with Crippen molar-refractivity contribution in [2.45, 2.75) is 27.3 Å². The lowest BCUT2D eigenvalue weighted by Gasteiger charge is -2.17. The first-order valence-corrected chi connectivity index (χ1v) is 7.05. The zero-order chi connectivity index (χ0) is 15.2. The molecule has 0 aromatic heterocycles. The summed E-state index contributed by atoms with van der Waals surface area (Å²) in [5, 5.41) is 6.31. The van der Waals surface area contributed by atoms with Crippen molar-refractivity contribution in [3.63, 3.8) is 0 Å². The largest absolute Gasteiger partial charge is 0.384 e. The van der Waals surface area contributed by atoms with Gasteiger partial charge in [0.15, 0.2) is 0 Å². The lowest BCUT2D eigenvalue weighted by molar-refractivity contribution is -0.128. The Kier molecular flexibility index (Phi) is 6.02. The van der Waals surface area contributed by atoms with Crippen molar-refractivity contribution < 1.29 is 4.79 Å². The Bertz CT molecular complexity index is 418. The van der Waals surface area contributed by atoms with E-state index >= 15 is 0 Å². The second-order valence-corrected chi connectivity index (χ2v) is 6.36. The smallest absolute Gasteiger partial charge is 0.225 e. The van der Waals surface area contributed by atoms with Gasteiger partial charge in [-0.25, -0.2) is 0 Å². The van der Waals surface area contributed by atoms with E-state index in [0.29, 0.717) is 6.54 Å². The molecule has 0 fully saturated rings. The minimum absolute atomic E-state index is 0.0747. The van der Waals surface area contributed by atoms with Gasteiger partial charge in [0, 0.05) is 30.7 Å². The average Bonchev–Trinajstić information content (AvgIpc) is 2.36. The van der Waals surface area contributed by atoms with Crippen molar-refractivity contribution in [2.75, 3.05) is 32.5 Å². The molecule has 0 saturated heterocycles. The molecule has 1 aromatic carbocycles. The fourth-order valence-electron chi connectivity index (χ4n) is 1.61. The van der Waals surface area contributed by atoms with Crippen molar-refractivity contribution in [2.24, 2.45) is 5.41 Å². The van der Waals surface area contributed by atoms with Gasteiger partial charge in [0.1, 0.15) is 0 Å². The molecule has 1 amide bonds. The predicted octanol–water partition coefficient (Wildman–Crippen LogP) is 2.32. The van der Waals surface area contributed by atoms with E-state index in [1.807, 2.05) is 45.0 Å². The topological polar surface area (TPSA) is 44.4 Å². The predicted molar refractivity (Wildman–Crippen MR) is 84.8 cm³/mol. The number of hydrogen-bond donors (Lipinski definition) is 2. The molecule has 0 aliphatic heterocycles. The van der Waals surface area contributed by atoms with Crippen molar-refractivity contribution >= 4 is 11.6 Å². The number of nitrogens with one attached hydrogen (secondary N) is 2. The van der Waals surface area contributed by atoms with E-state index in [0.717, 1.165) is 24.3 Å².